The molecule has 0 saturated heterocycles. The van der Waals surface area contributed by atoms with Crippen LogP contribution in [0.1, 0.15) is 0 Å². The average molecular weight is 597 g/mol. The summed E-state index contributed by atoms with van der Waals surface area (Å²) in [6.45, 7) is 13.5. The number of benzene rings is 1. The first-order chi connectivity index (χ1) is 15.4. The zero-order valence-electron chi connectivity index (χ0n) is 16.2. The molecule has 3 aromatic rings. The summed E-state index contributed by atoms with van der Waals surface area (Å²) >= 11 is 0. The number of allylic oxidation sites excluding steroid dienone is 2. The molecule has 0 unspecified atom stereocenters. The van der Waals surface area contributed by atoms with Crippen molar-refractivity contribution in [3.63, 3.8) is 0 Å². The summed E-state index contributed by atoms with van der Waals surface area (Å²) in [5.74, 6) is 0.535. The fraction of sp³-hybridized carbons (Fsp3) is 0. The fourth-order valence-corrected chi connectivity index (χ4v) is 2.44. The number of hydrogen-bond donors (Lipinski definition) is 0. The van der Waals surface area contributed by atoms with Crippen LogP contribution in [0.25, 0.3) is 34.2 Å². The van der Waals surface area contributed by atoms with E-state index in [1.165, 1.54) is 0 Å². The van der Waals surface area contributed by atoms with Crippen LogP contribution >= 0.6 is 0 Å². The van der Waals surface area contributed by atoms with Crippen molar-refractivity contribution >= 4 is 23.5 Å². The van der Waals surface area contributed by atoms with Crippen LogP contribution in [0.4, 0.5) is 11.4 Å². The van der Waals surface area contributed by atoms with Crippen molar-refractivity contribution in [2.24, 2.45) is 0 Å². The maximum absolute atomic E-state index is 7.50. The van der Waals surface area contributed by atoms with E-state index in [-0.39, 0.29) is 20.4 Å². The molecule has 1 radical (unpaired) electrons. The van der Waals surface area contributed by atoms with Crippen LogP contribution in [-0.2, 0) is 34.4 Å². The van der Waals surface area contributed by atoms with Crippen LogP contribution < -0.4 is 15.7 Å². The molecule has 11 heteroatoms. The first-order valence-corrected chi connectivity index (χ1v) is 8.20. The van der Waals surface area contributed by atoms with Crippen molar-refractivity contribution in [2.45, 2.75) is 0 Å². The Balaban J connectivity index is 0.000000484. The van der Waals surface area contributed by atoms with Crippen molar-refractivity contribution < 1.29 is 34.4 Å². The van der Waals surface area contributed by atoms with E-state index < -0.39 is 0 Å². The molecule has 159 valence electrons. The summed E-state index contributed by atoms with van der Waals surface area (Å²) in [5, 5.41) is 25.1. The van der Waals surface area contributed by atoms with Gasteiger partial charge in [0.05, 0.1) is 5.82 Å². The Morgan fingerprint density at radius 1 is 0.719 bits per heavy atom. The van der Waals surface area contributed by atoms with Crippen molar-refractivity contribution in [1.29, 1.82) is 0 Å². The zero-order chi connectivity index (χ0) is 22.9. The standard InChI is InChI=1S/C12H8N2.C6H4N5.3CO.Re/c1-3-9-5-6-10-4-2-8-14-12(10)11(9)13-7-1;1-3-7-4-2-5(1)6-8-10-11-9-6;3*1-2;/h1-8H;1-4H;;;;/q-2;-1;;;;. The van der Waals surface area contributed by atoms with Gasteiger partial charge in [-0.3, -0.25) is 15.4 Å². The first-order valence-electron chi connectivity index (χ1n) is 8.20. The van der Waals surface area contributed by atoms with E-state index in [4.69, 9.17) is 14.0 Å². The second-order valence-corrected chi connectivity index (χ2v) is 5.15. The van der Waals surface area contributed by atoms with E-state index in [0.717, 1.165) is 27.4 Å². The van der Waals surface area contributed by atoms with Gasteiger partial charge in [-0.25, -0.2) is 5.10 Å². The Morgan fingerprint density at radius 3 is 1.66 bits per heavy atom. The van der Waals surface area contributed by atoms with E-state index in [0.29, 0.717) is 5.82 Å². The normalized spacial score (nSPS) is 10.3. The number of aromatic nitrogens is 5. The van der Waals surface area contributed by atoms with Gasteiger partial charge in [-0.15, -0.1) is 11.4 Å². The Kier molecular flexibility index (Phi) is 14.9. The van der Waals surface area contributed by atoms with Gasteiger partial charge in [0.15, 0.2) is 0 Å². The van der Waals surface area contributed by atoms with Gasteiger partial charge in [0.1, 0.15) is 0 Å². The smallest absolute Gasteiger partial charge is 0.0733 e. The fourth-order valence-electron chi connectivity index (χ4n) is 2.44. The van der Waals surface area contributed by atoms with Crippen LogP contribution in [-0.4, -0.2) is 20.4 Å². The van der Waals surface area contributed by atoms with E-state index in [1.54, 1.807) is 36.9 Å². The number of tetrazole rings is 1. The van der Waals surface area contributed by atoms with Crippen molar-refractivity contribution in [1.82, 2.24) is 25.6 Å². The summed E-state index contributed by atoms with van der Waals surface area (Å²) in [6, 6.07) is 7.76. The Bertz CT molecular complexity index is 1120. The maximum Gasteiger partial charge on any atom is 0.0733 e. The second-order valence-electron chi connectivity index (χ2n) is 5.15. The van der Waals surface area contributed by atoms with Gasteiger partial charge in [-0.05, 0) is 22.6 Å². The van der Waals surface area contributed by atoms with Crippen LogP contribution in [0.15, 0.2) is 61.2 Å². The van der Waals surface area contributed by atoms with Crippen LogP contribution in [0.5, 0.6) is 0 Å². The summed E-state index contributed by atoms with van der Waals surface area (Å²) in [7, 11) is 0. The van der Waals surface area contributed by atoms with Crippen molar-refractivity contribution in [3.05, 3.63) is 102 Å². The Hall–Kier alpha value is -3.86. The Labute approximate surface area is 197 Å². The molecule has 0 amide bonds. The molecule has 0 atom stereocenters. The molecule has 0 spiro atoms. The summed E-state index contributed by atoms with van der Waals surface area (Å²) in [4.78, 5) is 3.86. The summed E-state index contributed by atoms with van der Waals surface area (Å²) < 4.78 is 22.5. The molecule has 1 aromatic carbocycles. The third-order valence-electron chi connectivity index (χ3n) is 3.60. The van der Waals surface area contributed by atoms with Crippen molar-refractivity contribution in [3.8, 4) is 11.4 Å². The van der Waals surface area contributed by atoms with Gasteiger partial charge >= 0.3 is 33.9 Å². The van der Waals surface area contributed by atoms with Crippen LogP contribution in [0.2, 0.25) is 0 Å². The molecule has 0 fully saturated rings. The largest absolute Gasteiger partial charge is 0.331 e. The third kappa shape index (κ3) is 7.76. The molecule has 4 heterocycles. The average Bonchev–Trinajstić information content (AvgIpc) is 3.44. The van der Waals surface area contributed by atoms with Gasteiger partial charge in [-0.1, -0.05) is 36.4 Å². The molecule has 0 N–H and O–H groups in total. The zero-order valence-corrected chi connectivity index (χ0v) is 18.9. The third-order valence-corrected chi connectivity index (χ3v) is 3.60. The molecule has 32 heavy (non-hydrogen) atoms. The number of fused-ring (bicyclic) bond motifs is 3. The molecule has 2 aromatic heterocycles. The van der Waals surface area contributed by atoms with Crippen molar-refractivity contribution in [2.75, 3.05) is 0 Å². The van der Waals surface area contributed by atoms with Gasteiger partial charge < -0.3 is 15.7 Å². The molecule has 0 aliphatic carbocycles. The summed E-state index contributed by atoms with van der Waals surface area (Å²) in [6.07, 6.45) is 14.9. The first kappa shape index (κ1) is 28.1. The number of hydrogen-bond acceptors (Lipinski definition) is 4. The van der Waals surface area contributed by atoms with Gasteiger partial charge in [0.25, 0.3) is 0 Å². The van der Waals surface area contributed by atoms with E-state index in [9.17, 15) is 0 Å². The maximum atomic E-state index is 7.50. The van der Waals surface area contributed by atoms with E-state index >= 15 is 0 Å². The van der Waals surface area contributed by atoms with Gasteiger partial charge in [-0.2, -0.15) is 12.4 Å². The van der Waals surface area contributed by atoms with E-state index in [1.807, 2.05) is 12.2 Å². The molecule has 0 saturated carbocycles. The molecular formula is C21H12N7O3Re-3. The van der Waals surface area contributed by atoms with Crippen LogP contribution in [0.3, 0.4) is 0 Å². The SMILES string of the molecule is C1=C[N-]c2c3c(ccc2=C1)=CC=C[N-]3.[C-]#[O+].[C-]#[O+].[C-]#[O+].[Re].c1cc(-c2nn[n-]n2)ccn1. The molecule has 2 aliphatic heterocycles. The summed E-state index contributed by atoms with van der Waals surface area (Å²) in [5.41, 5.74) is 2.83. The quantitative estimate of drug-likeness (QED) is 0.311. The second kappa shape index (κ2) is 16.9. The minimum atomic E-state index is 0. The van der Waals surface area contributed by atoms with Gasteiger partial charge in [0, 0.05) is 38.4 Å². The number of nitrogens with zero attached hydrogens (tertiary/aromatic N) is 7. The molecular weight excluding hydrogens is 584 g/mol. The topological polar surface area (TPSA) is 154 Å². The van der Waals surface area contributed by atoms with Crippen LogP contribution in [0, 0.1) is 20.0 Å². The molecule has 5 rings (SSSR count). The predicted octanol–water partition coefficient (Wildman–Crippen LogP) is 2.09. The van der Waals surface area contributed by atoms with E-state index in [2.05, 4.69) is 80.5 Å². The monoisotopic (exact) mass is 597 g/mol. The molecule has 10 nitrogen and oxygen atoms in total. The molecule has 2 aliphatic rings. The minimum absolute atomic E-state index is 0. The number of rotatable bonds is 1. The number of pyridine rings is 1. The Morgan fingerprint density at radius 2 is 1.22 bits per heavy atom. The predicted molar refractivity (Wildman–Crippen MR) is 107 cm³/mol. The van der Waals surface area contributed by atoms with Gasteiger partial charge in [0.2, 0.25) is 0 Å². The minimum Gasteiger partial charge on any atom is -0.331 e. The molecule has 0 bridgehead atoms.